The second kappa shape index (κ2) is 5.69. The Bertz CT molecular complexity index is 812. The molecule has 0 unspecified atom stereocenters. The second-order valence-electron chi connectivity index (χ2n) is 4.74. The first-order valence-corrected chi connectivity index (χ1v) is 6.75. The molecule has 110 valence electrons. The molecule has 0 spiro atoms. The molecule has 3 rings (SSSR count). The second-order valence-corrected chi connectivity index (χ2v) is 4.74. The lowest BCUT2D eigenvalue weighted by molar-refractivity contribution is -0.384. The number of benzene rings is 2. The van der Waals surface area contributed by atoms with Crippen LogP contribution in [0.3, 0.4) is 0 Å². The Hall–Kier alpha value is -3.15. The van der Waals surface area contributed by atoms with Crippen molar-refractivity contribution < 1.29 is 4.92 Å². The summed E-state index contributed by atoms with van der Waals surface area (Å²) in [7, 11) is 1.78. The van der Waals surface area contributed by atoms with Gasteiger partial charge in [-0.05, 0) is 6.07 Å². The fraction of sp³-hybridized carbons (Fsp3) is 0.0625. The summed E-state index contributed by atoms with van der Waals surface area (Å²) < 4.78 is 1.78. The predicted octanol–water partition coefficient (Wildman–Crippen LogP) is 3.49. The third-order valence-electron chi connectivity index (χ3n) is 3.39. The third kappa shape index (κ3) is 2.54. The molecule has 1 aromatic heterocycles. The molecule has 0 atom stereocenters. The molecule has 0 saturated carbocycles. The molecule has 0 bridgehead atoms. The highest BCUT2D eigenvalue weighted by molar-refractivity contribution is 5.66. The first-order valence-electron chi connectivity index (χ1n) is 6.75. The van der Waals surface area contributed by atoms with E-state index in [0.29, 0.717) is 5.69 Å². The van der Waals surface area contributed by atoms with Crippen molar-refractivity contribution in [2.45, 2.75) is 0 Å². The maximum atomic E-state index is 11.0. The van der Waals surface area contributed by atoms with Gasteiger partial charge in [0.2, 0.25) is 0 Å². The molecule has 0 aliphatic rings. The number of non-ortho nitro benzene ring substituents is 1. The summed E-state index contributed by atoms with van der Waals surface area (Å²) in [6.07, 6.45) is 3.51. The molecule has 0 aliphatic heterocycles. The number of nitrogens with one attached hydrogen (secondary N) is 1. The molecule has 1 heterocycles. The Labute approximate surface area is 127 Å². The summed E-state index contributed by atoms with van der Waals surface area (Å²) in [5, 5.41) is 14.0. The molecular weight excluding hydrogens is 280 g/mol. The maximum absolute atomic E-state index is 11.0. The van der Waals surface area contributed by atoms with Crippen LogP contribution in [-0.4, -0.2) is 21.5 Å². The van der Waals surface area contributed by atoms with Crippen LogP contribution in [0, 0.1) is 10.1 Å². The van der Waals surface area contributed by atoms with E-state index in [1.54, 1.807) is 24.0 Å². The van der Waals surface area contributed by atoms with E-state index in [-0.39, 0.29) is 5.69 Å². The number of hydrogen-bond donors (Lipinski definition) is 1. The molecule has 0 radical (unpaired) electrons. The van der Waals surface area contributed by atoms with Gasteiger partial charge in [-0.15, -0.1) is 0 Å². The van der Waals surface area contributed by atoms with Gasteiger partial charge in [0, 0.05) is 30.9 Å². The number of nitrogens with zero attached hydrogens (tertiary/aromatic N) is 3. The molecule has 6 nitrogen and oxygen atoms in total. The van der Waals surface area contributed by atoms with Crippen LogP contribution in [0.15, 0.2) is 61.1 Å². The Morgan fingerprint density at radius 1 is 1.18 bits per heavy atom. The molecule has 0 aliphatic carbocycles. The monoisotopic (exact) mass is 294 g/mol. The topological polar surface area (TPSA) is 73.0 Å². The lowest BCUT2D eigenvalue weighted by Crippen LogP contribution is -1.99. The number of nitro benzene ring substituents is 1. The number of rotatable bonds is 4. The molecular formula is C16H14N4O2. The Balaban J connectivity index is 2.06. The van der Waals surface area contributed by atoms with Gasteiger partial charge in [-0.3, -0.25) is 10.1 Å². The third-order valence-corrected chi connectivity index (χ3v) is 3.39. The first-order chi connectivity index (χ1) is 10.7. The van der Waals surface area contributed by atoms with Gasteiger partial charge in [0.25, 0.3) is 5.69 Å². The van der Waals surface area contributed by atoms with Crippen molar-refractivity contribution in [1.29, 1.82) is 0 Å². The van der Waals surface area contributed by atoms with Crippen LogP contribution in [0.4, 0.5) is 11.4 Å². The van der Waals surface area contributed by atoms with Crippen LogP contribution in [0.25, 0.3) is 16.9 Å². The Kier molecular flexibility index (Phi) is 3.57. The van der Waals surface area contributed by atoms with Crippen molar-refractivity contribution in [1.82, 2.24) is 9.55 Å². The van der Waals surface area contributed by atoms with Gasteiger partial charge in [0.15, 0.2) is 0 Å². The van der Waals surface area contributed by atoms with E-state index in [1.807, 2.05) is 36.5 Å². The zero-order valence-electron chi connectivity index (χ0n) is 11.9. The van der Waals surface area contributed by atoms with Crippen LogP contribution >= 0.6 is 0 Å². The van der Waals surface area contributed by atoms with Gasteiger partial charge >= 0.3 is 0 Å². The van der Waals surface area contributed by atoms with Gasteiger partial charge < -0.3 is 9.88 Å². The van der Waals surface area contributed by atoms with Gasteiger partial charge in [0.05, 0.1) is 28.3 Å². The lowest BCUT2D eigenvalue weighted by Gasteiger charge is -2.09. The molecule has 6 heteroatoms. The number of imidazole rings is 1. The van der Waals surface area contributed by atoms with Crippen LogP contribution in [0.2, 0.25) is 0 Å². The molecule has 0 amide bonds. The zero-order valence-corrected chi connectivity index (χ0v) is 11.9. The molecule has 2 aromatic carbocycles. The van der Waals surface area contributed by atoms with Crippen molar-refractivity contribution in [3.63, 3.8) is 0 Å². The first kappa shape index (κ1) is 13.8. The van der Waals surface area contributed by atoms with Gasteiger partial charge in [-0.25, -0.2) is 4.98 Å². The van der Waals surface area contributed by atoms with Crippen molar-refractivity contribution in [2.75, 3.05) is 12.4 Å². The van der Waals surface area contributed by atoms with Crippen molar-refractivity contribution in [2.24, 2.45) is 0 Å². The number of anilines is 1. The minimum absolute atomic E-state index is 0.0453. The van der Waals surface area contributed by atoms with E-state index in [2.05, 4.69) is 10.3 Å². The minimum Gasteiger partial charge on any atom is -0.386 e. The van der Waals surface area contributed by atoms with Crippen molar-refractivity contribution in [3.05, 3.63) is 71.2 Å². The van der Waals surface area contributed by atoms with E-state index in [9.17, 15) is 10.1 Å². The van der Waals surface area contributed by atoms with Crippen LogP contribution in [0.1, 0.15) is 0 Å². The summed E-state index contributed by atoms with van der Waals surface area (Å²) in [6, 6.07) is 14.5. The summed E-state index contributed by atoms with van der Waals surface area (Å²) in [6.45, 7) is 0. The van der Waals surface area contributed by atoms with E-state index < -0.39 is 4.92 Å². The van der Waals surface area contributed by atoms with Crippen molar-refractivity contribution in [3.8, 4) is 16.9 Å². The summed E-state index contributed by atoms with van der Waals surface area (Å²) >= 11 is 0. The standard InChI is InChI=1S/C16H14N4O2/c1-17-14-8-7-13(20(21)22)9-16(14)19-10-15(18-11-19)12-5-3-2-4-6-12/h2-11,17H,1H3. The summed E-state index contributed by atoms with van der Waals surface area (Å²) in [5.74, 6) is 0. The van der Waals surface area contributed by atoms with Crippen molar-refractivity contribution >= 4 is 11.4 Å². The fourth-order valence-electron chi connectivity index (χ4n) is 2.27. The normalized spacial score (nSPS) is 10.4. The number of nitro groups is 1. The van der Waals surface area contributed by atoms with E-state index in [4.69, 9.17) is 0 Å². The Morgan fingerprint density at radius 2 is 1.95 bits per heavy atom. The number of aromatic nitrogens is 2. The predicted molar refractivity (Wildman–Crippen MR) is 85.2 cm³/mol. The lowest BCUT2D eigenvalue weighted by atomic mass is 10.2. The van der Waals surface area contributed by atoms with E-state index >= 15 is 0 Å². The highest BCUT2D eigenvalue weighted by Crippen LogP contribution is 2.27. The van der Waals surface area contributed by atoms with E-state index in [1.165, 1.54) is 12.1 Å². The largest absolute Gasteiger partial charge is 0.386 e. The molecule has 0 saturated heterocycles. The van der Waals surface area contributed by atoms with Crippen LogP contribution in [-0.2, 0) is 0 Å². The highest BCUT2D eigenvalue weighted by atomic mass is 16.6. The molecule has 22 heavy (non-hydrogen) atoms. The quantitative estimate of drug-likeness (QED) is 0.590. The molecule has 1 N–H and O–H groups in total. The smallest absolute Gasteiger partial charge is 0.271 e. The fourth-order valence-corrected chi connectivity index (χ4v) is 2.27. The zero-order chi connectivity index (χ0) is 15.5. The average Bonchev–Trinajstić information content (AvgIpc) is 3.05. The van der Waals surface area contributed by atoms with Gasteiger partial charge in [0.1, 0.15) is 0 Å². The van der Waals surface area contributed by atoms with Gasteiger partial charge in [-0.1, -0.05) is 30.3 Å². The van der Waals surface area contributed by atoms with Gasteiger partial charge in [-0.2, -0.15) is 0 Å². The summed E-state index contributed by atoms with van der Waals surface area (Å²) in [4.78, 5) is 14.9. The number of hydrogen-bond acceptors (Lipinski definition) is 4. The maximum Gasteiger partial charge on any atom is 0.271 e. The summed E-state index contributed by atoms with van der Waals surface area (Å²) in [5.41, 5.74) is 3.34. The molecule has 0 fully saturated rings. The van der Waals surface area contributed by atoms with Crippen LogP contribution in [0.5, 0.6) is 0 Å². The average molecular weight is 294 g/mol. The van der Waals surface area contributed by atoms with Crippen LogP contribution < -0.4 is 5.32 Å². The SMILES string of the molecule is CNc1ccc([N+](=O)[O-])cc1-n1cnc(-c2ccccc2)c1. The minimum atomic E-state index is -0.405. The van der Waals surface area contributed by atoms with E-state index in [0.717, 1.165) is 16.9 Å². The highest BCUT2D eigenvalue weighted by Gasteiger charge is 2.12. The Morgan fingerprint density at radius 3 is 2.64 bits per heavy atom. The molecule has 3 aromatic rings.